The first-order valence-corrected chi connectivity index (χ1v) is 12.4. The summed E-state index contributed by atoms with van der Waals surface area (Å²) < 4.78 is 0.893. The smallest absolute Gasteiger partial charge is 0.217 e. The Kier molecular flexibility index (Phi) is 10.8. The van der Waals surface area contributed by atoms with Crippen molar-refractivity contribution < 1.29 is 14.4 Å². The second-order valence-corrected chi connectivity index (χ2v) is 9.84. The number of nitrogens with zero attached hydrogens (tertiary/aromatic N) is 1. The minimum absolute atomic E-state index is 0. The topological polar surface area (TPSA) is 63.3 Å². The molecule has 1 heterocycles. The molecule has 1 aliphatic rings. The first kappa shape index (κ1) is 28.9. The van der Waals surface area contributed by atoms with E-state index in [2.05, 4.69) is 67.7 Å². The van der Waals surface area contributed by atoms with Crippen molar-refractivity contribution in [2.45, 2.75) is 44.2 Å². The predicted molar refractivity (Wildman–Crippen MR) is 147 cm³/mol. The minimum Gasteiger partial charge on any atom is -0.385 e. The van der Waals surface area contributed by atoms with Gasteiger partial charge in [0.15, 0.2) is 0 Å². The largest absolute Gasteiger partial charge is 0.385 e. The fourth-order valence-corrected chi connectivity index (χ4v) is 4.98. The number of rotatable bonds is 6. The Morgan fingerprint density at radius 1 is 0.943 bits per heavy atom. The number of carbonyl (C=O) groups is 1. The lowest BCUT2D eigenvalue weighted by atomic mass is 9.81. The third-order valence-corrected chi connectivity index (χ3v) is 7.06. The first-order chi connectivity index (χ1) is 16.3. The number of halogens is 2. The van der Waals surface area contributed by atoms with E-state index in [1.807, 2.05) is 31.2 Å². The summed E-state index contributed by atoms with van der Waals surface area (Å²) in [5, 5.41) is 12.0. The van der Waals surface area contributed by atoms with Crippen molar-refractivity contribution in [1.82, 2.24) is 0 Å². The molecule has 0 bridgehead atoms. The first-order valence-electron chi connectivity index (χ1n) is 12.0. The number of carbonyl (C=O) groups excluding carboxylic acids is 1. The number of piperidine rings is 1. The Balaban J connectivity index is 0.000000552. The van der Waals surface area contributed by atoms with E-state index in [1.165, 1.54) is 11.1 Å². The van der Waals surface area contributed by atoms with Gasteiger partial charge in [0.2, 0.25) is 5.91 Å². The lowest BCUT2D eigenvalue weighted by Crippen LogP contribution is -2.55. The molecule has 1 aliphatic heterocycles. The molecule has 0 radical (unpaired) electrons. The number of nitrogens with two attached hydrogens (primary N) is 1. The molecule has 1 saturated heterocycles. The molecule has 0 saturated carbocycles. The van der Waals surface area contributed by atoms with Crippen molar-refractivity contribution >= 4 is 29.9 Å². The van der Waals surface area contributed by atoms with Crippen molar-refractivity contribution in [2.24, 2.45) is 5.73 Å². The van der Waals surface area contributed by atoms with Crippen LogP contribution in [0.1, 0.15) is 55.3 Å². The molecule has 0 unspecified atom stereocenters. The van der Waals surface area contributed by atoms with Gasteiger partial charge in [0.05, 0.1) is 20.1 Å². The van der Waals surface area contributed by atoms with Crippen molar-refractivity contribution in [3.8, 4) is 0 Å². The summed E-state index contributed by atoms with van der Waals surface area (Å²) >= 11 is 6.03. The van der Waals surface area contributed by atoms with Crippen LogP contribution in [0.5, 0.6) is 0 Å². The maximum Gasteiger partial charge on any atom is 0.217 e. The van der Waals surface area contributed by atoms with Gasteiger partial charge in [0.1, 0.15) is 11.6 Å². The van der Waals surface area contributed by atoms with E-state index in [1.54, 1.807) is 0 Å². The molecule has 35 heavy (non-hydrogen) atoms. The van der Waals surface area contributed by atoms with E-state index >= 15 is 0 Å². The van der Waals surface area contributed by atoms with Gasteiger partial charge in [-0.3, -0.25) is 4.79 Å². The molecule has 3 aromatic carbocycles. The number of primary amides is 1. The highest BCUT2D eigenvalue weighted by atomic mass is 35.5. The molecule has 6 heteroatoms. The molecule has 0 aromatic heterocycles. The van der Waals surface area contributed by atoms with Crippen LogP contribution in [0.25, 0.3) is 0 Å². The number of benzene rings is 3. The lowest BCUT2D eigenvalue weighted by molar-refractivity contribution is -0.940. The molecule has 0 atom stereocenters. The summed E-state index contributed by atoms with van der Waals surface area (Å²) in [5.41, 5.74) is 7.61. The molecule has 188 valence electrons. The van der Waals surface area contributed by atoms with Gasteiger partial charge in [-0.2, -0.15) is 0 Å². The van der Waals surface area contributed by atoms with Crippen LogP contribution >= 0.6 is 24.0 Å². The molecule has 3 N–H and O–H groups in total. The number of amides is 1. The van der Waals surface area contributed by atoms with E-state index in [-0.39, 0.29) is 24.4 Å². The van der Waals surface area contributed by atoms with Crippen molar-refractivity contribution in [3.05, 3.63) is 107 Å². The van der Waals surface area contributed by atoms with Crippen LogP contribution in [0.15, 0.2) is 84.9 Å². The molecule has 4 rings (SSSR count). The van der Waals surface area contributed by atoms with Gasteiger partial charge >= 0.3 is 0 Å². The third-order valence-electron chi connectivity index (χ3n) is 6.80. The third kappa shape index (κ3) is 7.55. The molecule has 4 nitrogen and oxygen atoms in total. The van der Waals surface area contributed by atoms with E-state index in [0.29, 0.717) is 11.4 Å². The molecule has 0 aliphatic carbocycles. The summed E-state index contributed by atoms with van der Waals surface area (Å²) in [6, 6.07) is 29.4. The van der Waals surface area contributed by atoms with Gasteiger partial charge in [0, 0.05) is 35.4 Å². The van der Waals surface area contributed by atoms with Crippen LogP contribution in [0, 0.1) is 0 Å². The SMILES string of the molecule is CCCC(N)=O.C[N+]1(C(c2ccccc2)c2ccccc2)CCC(O)(c2ccc(Cl)cc2)CC1.Cl. The quantitative estimate of drug-likeness (QED) is 0.381. The number of hydrogen-bond acceptors (Lipinski definition) is 2. The average molecular weight is 517 g/mol. The standard InChI is InChI=1S/C25H27ClNO.C4H9NO.ClH/c1-27(18-16-25(28,17-19-27)22-12-14-23(26)15-13-22)24(20-8-4-2-5-9-20)21-10-6-3-7-11-21;1-2-3-4(5)6;/h2-15,24,28H,16-19H2,1H3;2-3H2,1H3,(H2,5,6);1H/q+1;;. The lowest BCUT2D eigenvalue weighted by Gasteiger charge is -2.49. The Morgan fingerprint density at radius 2 is 1.40 bits per heavy atom. The van der Waals surface area contributed by atoms with Gasteiger partial charge in [-0.15, -0.1) is 12.4 Å². The molecule has 0 spiro atoms. The molecule has 1 fully saturated rings. The Hall–Kier alpha value is -2.37. The second-order valence-electron chi connectivity index (χ2n) is 9.41. The average Bonchev–Trinajstić information content (AvgIpc) is 2.84. The van der Waals surface area contributed by atoms with Crippen LogP contribution in [-0.4, -0.2) is 35.6 Å². The van der Waals surface area contributed by atoms with Crippen LogP contribution in [0.3, 0.4) is 0 Å². The fourth-order valence-electron chi connectivity index (χ4n) is 4.85. The zero-order valence-corrected chi connectivity index (χ0v) is 22.1. The van der Waals surface area contributed by atoms with E-state index < -0.39 is 5.60 Å². The van der Waals surface area contributed by atoms with Gasteiger partial charge in [-0.25, -0.2) is 0 Å². The summed E-state index contributed by atoms with van der Waals surface area (Å²) in [6.07, 6.45) is 2.85. The van der Waals surface area contributed by atoms with Crippen molar-refractivity contribution in [2.75, 3.05) is 20.1 Å². The van der Waals surface area contributed by atoms with Gasteiger partial charge in [-0.1, -0.05) is 91.3 Å². The van der Waals surface area contributed by atoms with E-state index in [0.717, 1.165) is 42.4 Å². The molecular formula is C29H37Cl2N2O2+. The Labute approximate surface area is 220 Å². The van der Waals surface area contributed by atoms with Gasteiger partial charge < -0.3 is 15.3 Å². The number of likely N-dealkylation sites (tertiary alicyclic amines) is 1. The normalized spacial score (nSPS) is 21.4. The number of hydrogen-bond donors (Lipinski definition) is 2. The zero-order valence-electron chi connectivity index (χ0n) is 20.6. The van der Waals surface area contributed by atoms with Crippen molar-refractivity contribution in [3.63, 3.8) is 0 Å². The van der Waals surface area contributed by atoms with Gasteiger partial charge in [0.25, 0.3) is 0 Å². The number of aliphatic hydroxyl groups is 1. The van der Waals surface area contributed by atoms with E-state index in [9.17, 15) is 9.90 Å². The highest BCUT2D eigenvalue weighted by molar-refractivity contribution is 6.30. The summed E-state index contributed by atoms with van der Waals surface area (Å²) in [6.45, 7) is 3.74. The van der Waals surface area contributed by atoms with Crippen LogP contribution in [0.2, 0.25) is 5.02 Å². The van der Waals surface area contributed by atoms with E-state index in [4.69, 9.17) is 17.3 Å². The summed E-state index contributed by atoms with van der Waals surface area (Å²) in [4.78, 5) is 9.82. The molecule has 1 amide bonds. The number of quaternary nitrogens is 1. The van der Waals surface area contributed by atoms with Crippen LogP contribution in [0.4, 0.5) is 0 Å². The highest BCUT2D eigenvalue weighted by Gasteiger charge is 2.45. The Morgan fingerprint density at radius 3 is 1.77 bits per heavy atom. The Bertz CT molecular complexity index is 996. The zero-order chi connectivity index (χ0) is 24.6. The maximum atomic E-state index is 11.3. The van der Waals surface area contributed by atoms with Crippen LogP contribution < -0.4 is 5.73 Å². The minimum atomic E-state index is -0.778. The summed E-state index contributed by atoms with van der Waals surface area (Å²) in [7, 11) is 2.33. The monoisotopic (exact) mass is 515 g/mol. The van der Waals surface area contributed by atoms with Gasteiger partial charge in [-0.05, 0) is 24.1 Å². The van der Waals surface area contributed by atoms with Crippen molar-refractivity contribution in [1.29, 1.82) is 0 Å². The summed E-state index contributed by atoms with van der Waals surface area (Å²) in [5.74, 6) is -0.211. The second kappa shape index (κ2) is 13.1. The maximum absolute atomic E-state index is 11.3. The highest BCUT2D eigenvalue weighted by Crippen LogP contribution is 2.42. The molecular weight excluding hydrogens is 479 g/mol. The molecule has 3 aromatic rings. The van der Waals surface area contributed by atoms with Crippen LogP contribution in [-0.2, 0) is 10.4 Å². The predicted octanol–water partition coefficient (Wildman–Crippen LogP) is 6.25. The fraction of sp³-hybridized carbons (Fsp3) is 0.345.